The van der Waals surface area contributed by atoms with Crippen LogP contribution in [-0.2, 0) is 38.5 Å². The SMILES string of the molecule is CC(C)SN[C@H]1Cc2ccc(Cn3nc(C(F)(F)F)c4c3CCNC4)cc2C1. The van der Waals surface area contributed by atoms with E-state index in [0.717, 1.165) is 18.4 Å². The van der Waals surface area contributed by atoms with Crippen molar-refractivity contribution in [2.24, 2.45) is 0 Å². The maximum atomic E-state index is 13.4. The Morgan fingerprint density at radius 1 is 1.29 bits per heavy atom. The minimum atomic E-state index is -4.42. The Kier molecular flexibility index (Phi) is 5.46. The fraction of sp³-hybridized carbons (Fsp3) is 0.550. The molecule has 1 aromatic carbocycles. The van der Waals surface area contributed by atoms with Crippen molar-refractivity contribution in [2.45, 2.75) is 63.7 Å². The number of rotatable bonds is 5. The molecule has 2 N–H and O–H groups in total. The minimum Gasteiger partial charge on any atom is -0.312 e. The van der Waals surface area contributed by atoms with Gasteiger partial charge in [-0.05, 0) is 29.5 Å². The van der Waals surface area contributed by atoms with E-state index in [1.54, 1.807) is 16.6 Å². The van der Waals surface area contributed by atoms with E-state index in [-0.39, 0.29) is 6.54 Å². The molecule has 1 aliphatic carbocycles. The molecule has 0 fully saturated rings. The van der Waals surface area contributed by atoms with Crippen LogP contribution < -0.4 is 10.0 Å². The minimum absolute atomic E-state index is 0.231. The first-order chi connectivity index (χ1) is 13.3. The van der Waals surface area contributed by atoms with Gasteiger partial charge in [0.25, 0.3) is 0 Å². The average molecular weight is 411 g/mol. The Hall–Kier alpha value is -1.51. The lowest BCUT2D eigenvalue weighted by Crippen LogP contribution is -2.26. The van der Waals surface area contributed by atoms with Gasteiger partial charge in [-0.2, -0.15) is 18.3 Å². The van der Waals surface area contributed by atoms with Crippen molar-refractivity contribution >= 4 is 11.9 Å². The predicted octanol–water partition coefficient (Wildman–Crippen LogP) is 3.71. The molecule has 4 rings (SSSR count). The van der Waals surface area contributed by atoms with Gasteiger partial charge in [0, 0.05) is 42.1 Å². The number of aromatic nitrogens is 2. The third kappa shape index (κ3) is 4.09. The fourth-order valence-corrected chi connectivity index (χ4v) is 4.67. The summed E-state index contributed by atoms with van der Waals surface area (Å²) in [5.41, 5.74) is 3.89. The first-order valence-electron chi connectivity index (χ1n) is 9.69. The summed E-state index contributed by atoms with van der Waals surface area (Å²) >= 11 is 1.75. The molecule has 1 atom stereocenters. The van der Waals surface area contributed by atoms with Gasteiger partial charge in [-0.25, -0.2) is 0 Å². The van der Waals surface area contributed by atoms with Gasteiger partial charge in [-0.3, -0.25) is 9.40 Å². The van der Waals surface area contributed by atoms with Crippen LogP contribution in [-0.4, -0.2) is 27.6 Å². The summed E-state index contributed by atoms with van der Waals surface area (Å²) in [6.07, 6.45) is -1.89. The summed E-state index contributed by atoms with van der Waals surface area (Å²) in [7, 11) is 0. The lowest BCUT2D eigenvalue weighted by Gasteiger charge is -2.16. The molecule has 2 aromatic rings. The highest BCUT2D eigenvalue weighted by molar-refractivity contribution is 7.98. The summed E-state index contributed by atoms with van der Waals surface area (Å²) < 4.78 is 45.2. The van der Waals surface area contributed by atoms with Crippen LogP contribution >= 0.6 is 11.9 Å². The normalized spacial score (nSPS) is 19.1. The predicted molar refractivity (Wildman–Crippen MR) is 105 cm³/mol. The Labute approximate surface area is 167 Å². The number of alkyl halides is 3. The summed E-state index contributed by atoms with van der Waals surface area (Å²) in [5.74, 6) is 0. The molecular formula is C20H25F3N4S. The molecule has 0 amide bonds. The fourth-order valence-electron chi connectivity index (χ4n) is 4.04. The monoisotopic (exact) mass is 410 g/mol. The van der Waals surface area contributed by atoms with E-state index >= 15 is 0 Å². The highest BCUT2D eigenvalue weighted by atomic mass is 32.2. The van der Waals surface area contributed by atoms with Gasteiger partial charge in [0.15, 0.2) is 5.69 Å². The molecule has 4 nitrogen and oxygen atoms in total. The lowest BCUT2D eigenvalue weighted by atomic mass is 10.1. The van der Waals surface area contributed by atoms with Crippen molar-refractivity contribution in [2.75, 3.05) is 6.54 Å². The van der Waals surface area contributed by atoms with Crippen molar-refractivity contribution in [1.82, 2.24) is 19.8 Å². The topological polar surface area (TPSA) is 41.9 Å². The Balaban J connectivity index is 1.54. The van der Waals surface area contributed by atoms with Crippen LogP contribution in [0.3, 0.4) is 0 Å². The van der Waals surface area contributed by atoms with Crippen molar-refractivity contribution in [3.8, 4) is 0 Å². The number of hydrogen-bond donors (Lipinski definition) is 2. The Bertz CT molecular complexity index is 860. The van der Waals surface area contributed by atoms with Crippen molar-refractivity contribution in [3.63, 3.8) is 0 Å². The third-order valence-electron chi connectivity index (χ3n) is 5.28. The zero-order valence-electron chi connectivity index (χ0n) is 16.1. The summed E-state index contributed by atoms with van der Waals surface area (Å²) in [6, 6.07) is 6.70. The molecule has 2 heterocycles. The van der Waals surface area contributed by atoms with Crippen LogP contribution in [0.2, 0.25) is 0 Å². The molecule has 1 aromatic heterocycles. The number of benzene rings is 1. The average Bonchev–Trinajstić information content (AvgIpc) is 3.21. The van der Waals surface area contributed by atoms with Gasteiger partial charge in [0.2, 0.25) is 0 Å². The van der Waals surface area contributed by atoms with Crippen molar-refractivity contribution < 1.29 is 13.2 Å². The number of hydrogen-bond acceptors (Lipinski definition) is 4. The second-order valence-electron chi connectivity index (χ2n) is 7.85. The number of nitrogens with one attached hydrogen (secondary N) is 2. The molecule has 0 saturated heterocycles. The second-order valence-corrected chi connectivity index (χ2v) is 9.26. The summed E-state index contributed by atoms with van der Waals surface area (Å²) in [5, 5.41) is 7.51. The molecule has 2 aliphatic rings. The molecule has 8 heteroatoms. The van der Waals surface area contributed by atoms with Gasteiger partial charge in [-0.1, -0.05) is 44.0 Å². The first-order valence-corrected chi connectivity index (χ1v) is 10.6. The Morgan fingerprint density at radius 3 is 2.82 bits per heavy atom. The Morgan fingerprint density at radius 2 is 2.07 bits per heavy atom. The third-order valence-corrected chi connectivity index (χ3v) is 6.22. The van der Waals surface area contributed by atoms with Crippen LogP contribution in [0.1, 0.15) is 47.5 Å². The van der Waals surface area contributed by atoms with Crippen molar-refractivity contribution in [1.29, 1.82) is 0 Å². The lowest BCUT2D eigenvalue weighted by molar-refractivity contribution is -0.142. The van der Waals surface area contributed by atoms with E-state index in [0.29, 0.717) is 42.1 Å². The van der Waals surface area contributed by atoms with Crippen LogP contribution in [0.25, 0.3) is 0 Å². The largest absolute Gasteiger partial charge is 0.435 e. The van der Waals surface area contributed by atoms with Crippen LogP contribution in [0.15, 0.2) is 18.2 Å². The van der Waals surface area contributed by atoms with Crippen LogP contribution in [0.5, 0.6) is 0 Å². The van der Waals surface area contributed by atoms with E-state index in [1.165, 1.54) is 11.1 Å². The van der Waals surface area contributed by atoms with Crippen LogP contribution in [0, 0.1) is 0 Å². The number of fused-ring (bicyclic) bond motifs is 2. The zero-order chi connectivity index (χ0) is 19.9. The van der Waals surface area contributed by atoms with E-state index in [1.807, 2.05) is 6.07 Å². The summed E-state index contributed by atoms with van der Waals surface area (Å²) in [6.45, 7) is 5.61. The number of halogens is 3. The van der Waals surface area contributed by atoms with Crippen molar-refractivity contribution in [3.05, 3.63) is 51.8 Å². The second kappa shape index (κ2) is 7.72. The van der Waals surface area contributed by atoms with E-state index < -0.39 is 11.9 Å². The highest BCUT2D eigenvalue weighted by Gasteiger charge is 2.39. The molecule has 0 bridgehead atoms. The van der Waals surface area contributed by atoms with E-state index in [9.17, 15) is 13.2 Å². The molecule has 0 spiro atoms. The quantitative estimate of drug-likeness (QED) is 0.738. The molecule has 152 valence electrons. The first kappa shape index (κ1) is 19.8. The molecular weight excluding hydrogens is 385 g/mol. The maximum absolute atomic E-state index is 13.4. The van der Waals surface area contributed by atoms with Gasteiger partial charge >= 0.3 is 6.18 Å². The maximum Gasteiger partial charge on any atom is 0.435 e. The van der Waals surface area contributed by atoms with Gasteiger partial charge in [0.05, 0.1) is 6.54 Å². The van der Waals surface area contributed by atoms with Crippen LogP contribution in [0.4, 0.5) is 13.2 Å². The highest BCUT2D eigenvalue weighted by Crippen LogP contribution is 2.34. The van der Waals surface area contributed by atoms with Gasteiger partial charge in [-0.15, -0.1) is 0 Å². The standard InChI is InChI=1S/C20H25F3N4S/c1-12(2)28-26-16-8-14-4-3-13(7-15(14)9-16)11-27-18-5-6-24-10-17(18)19(25-27)20(21,22)23/h3-4,7,12,16,24,26H,5-6,8-11H2,1-2H3/t16-/m0/s1. The van der Waals surface area contributed by atoms with E-state index in [2.05, 4.69) is 41.1 Å². The molecule has 0 radical (unpaired) electrons. The molecule has 1 aliphatic heterocycles. The molecule has 28 heavy (non-hydrogen) atoms. The van der Waals surface area contributed by atoms with E-state index in [4.69, 9.17) is 0 Å². The smallest absolute Gasteiger partial charge is 0.312 e. The summed E-state index contributed by atoms with van der Waals surface area (Å²) in [4.78, 5) is 0. The molecule has 0 unspecified atom stereocenters. The van der Waals surface area contributed by atoms with Gasteiger partial charge in [0.1, 0.15) is 0 Å². The number of nitrogens with zero attached hydrogens (tertiary/aromatic N) is 2. The zero-order valence-corrected chi connectivity index (χ0v) is 16.9. The molecule has 0 saturated carbocycles. The van der Waals surface area contributed by atoms with Gasteiger partial charge < -0.3 is 5.32 Å².